The second kappa shape index (κ2) is 13.4. The molecule has 5 rings (SSSR count). The van der Waals surface area contributed by atoms with Gasteiger partial charge in [0.25, 0.3) is 5.91 Å². The Labute approximate surface area is 250 Å². The monoisotopic (exact) mass is 604 g/mol. The van der Waals surface area contributed by atoms with E-state index >= 15 is 0 Å². The number of hydrogen-bond donors (Lipinski definition) is 2. The van der Waals surface area contributed by atoms with Crippen LogP contribution in [0.25, 0.3) is 15.9 Å². The molecular weight excluding hydrogens is 576 g/mol. The third kappa shape index (κ3) is 6.64. The van der Waals surface area contributed by atoms with Gasteiger partial charge in [-0.15, -0.1) is 10.2 Å². The predicted molar refractivity (Wildman–Crippen MR) is 162 cm³/mol. The second-order valence-electron chi connectivity index (χ2n) is 8.74. The molecule has 0 unspecified atom stereocenters. The van der Waals surface area contributed by atoms with Gasteiger partial charge in [0.15, 0.2) is 27.6 Å². The minimum atomic E-state index is -0.318. The Kier molecular flexibility index (Phi) is 9.19. The number of carbonyl (C=O) groups excluding carboxylic acids is 2. The lowest BCUT2D eigenvalue weighted by molar-refractivity contribution is -0.113. The van der Waals surface area contributed by atoms with Gasteiger partial charge < -0.3 is 24.8 Å². The number of fused-ring (bicyclic) bond motifs is 1. The van der Waals surface area contributed by atoms with Crippen molar-refractivity contribution in [2.24, 2.45) is 0 Å². The van der Waals surface area contributed by atoms with Crippen LogP contribution < -0.4 is 24.8 Å². The number of thiazole rings is 1. The van der Waals surface area contributed by atoms with Crippen LogP contribution in [0.1, 0.15) is 23.1 Å². The number of nitrogens with zero attached hydrogens (tertiary/aromatic N) is 4. The zero-order valence-corrected chi connectivity index (χ0v) is 24.8. The van der Waals surface area contributed by atoms with Crippen molar-refractivity contribution in [3.05, 3.63) is 78.1 Å². The number of benzene rings is 3. The summed E-state index contributed by atoms with van der Waals surface area (Å²) in [7, 11) is 3.04. The van der Waals surface area contributed by atoms with E-state index in [0.29, 0.717) is 39.8 Å². The smallest absolute Gasteiger partial charge is 0.251 e. The highest BCUT2D eigenvalue weighted by molar-refractivity contribution is 7.99. The van der Waals surface area contributed by atoms with Crippen molar-refractivity contribution in [2.75, 3.05) is 31.9 Å². The molecule has 0 fully saturated rings. The predicted octanol–water partition coefficient (Wildman–Crippen LogP) is 4.95. The van der Waals surface area contributed by atoms with E-state index in [1.165, 1.54) is 37.3 Å². The molecule has 11 nitrogen and oxygen atoms in total. The van der Waals surface area contributed by atoms with Gasteiger partial charge in [-0.25, -0.2) is 4.98 Å². The van der Waals surface area contributed by atoms with E-state index < -0.39 is 0 Å². The zero-order chi connectivity index (χ0) is 29.5. The molecule has 0 saturated heterocycles. The van der Waals surface area contributed by atoms with Crippen molar-refractivity contribution >= 4 is 50.3 Å². The molecule has 0 aliphatic rings. The normalized spacial score (nSPS) is 10.8. The number of thioether (sulfide) groups is 1. The van der Waals surface area contributed by atoms with Crippen LogP contribution in [0.3, 0.4) is 0 Å². The molecule has 42 heavy (non-hydrogen) atoms. The summed E-state index contributed by atoms with van der Waals surface area (Å²) in [5.74, 6) is 1.74. The maximum Gasteiger partial charge on any atom is 0.251 e. The lowest BCUT2D eigenvalue weighted by atomic mass is 10.2. The maximum absolute atomic E-state index is 13.0. The van der Waals surface area contributed by atoms with Crippen LogP contribution in [-0.4, -0.2) is 58.1 Å². The summed E-state index contributed by atoms with van der Waals surface area (Å²) in [6.07, 6.45) is 0. The molecular formula is C29H28N6O5S2. The fourth-order valence-corrected chi connectivity index (χ4v) is 5.73. The fourth-order valence-electron chi connectivity index (χ4n) is 4.08. The molecule has 0 radical (unpaired) electrons. The van der Waals surface area contributed by atoms with Crippen molar-refractivity contribution in [3.63, 3.8) is 0 Å². The minimum absolute atomic E-state index is 0.0864. The number of methoxy groups -OCH3 is 2. The van der Waals surface area contributed by atoms with Crippen LogP contribution in [0.4, 0.5) is 5.13 Å². The summed E-state index contributed by atoms with van der Waals surface area (Å²) in [6, 6.07) is 20.1. The number of para-hydroxylation sites is 1. The van der Waals surface area contributed by atoms with Gasteiger partial charge in [-0.3, -0.25) is 14.2 Å². The van der Waals surface area contributed by atoms with E-state index in [1.54, 1.807) is 22.8 Å². The summed E-state index contributed by atoms with van der Waals surface area (Å²) in [5, 5.41) is 15.4. The molecule has 5 aromatic rings. The quantitative estimate of drug-likeness (QED) is 0.190. The van der Waals surface area contributed by atoms with Crippen molar-refractivity contribution < 1.29 is 23.8 Å². The minimum Gasteiger partial charge on any atom is -0.494 e. The number of aromatic nitrogens is 4. The van der Waals surface area contributed by atoms with E-state index in [4.69, 9.17) is 14.2 Å². The van der Waals surface area contributed by atoms with Gasteiger partial charge in [-0.2, -0.15) is 0 Å². The summed E-state index contributed by atoms with van der Waals surface area (Å²) in [5.41, 5.74) is 1.99. The summed E-state index contributed by atoms with van der Waals surface area (Å²) in [4.78, 5) is 30.2. The van der Waals surface area contributed by atoms with Gasteiger partial charge in [0, 0.05) is 11.3 Å². The number of hydrogen-bond acceptors (Lipinski definition) is 10. The van der Waals surface area contributed by atoms with Crippen LogP contribution in [-0.2, 0) is 11.3 Å². The van der Waals surface area contributed by atoms with Gasteiger partial charge in [0.2, 0.25) is 5.91 Å². The van der Waals surface area contributed by atoms with Crippen LogP contribution in [0, 0.1) is 0 Å². The molecule has 0 bridgehead atoms. The van der Waals surface area contributed by atoms with Gasteiger partial charge in [0.05, 0.1) is 43.3 Å². The van der Waals surface area contributed by atoms with E-state index in [-0.39, 0.29) is 24.1 Å². The Balaban J connectivity index is 1.32. The molecule has 2 aromatic heterocycles. The van der Waals surface area contributed by atoms with E-state index in [1.807, 2.05) is 55.5 Å². The average molecular weight is 605 g/mol. The highest BCUT2D eigenvalue weighted by atomic mass is 32.2. The zero-order valence-electron chi connectivity index (χ0n) is 23.1. The molecule has 2 N–H and O–H groups in total. The summed E-state index contributed by atoms with van der Waals surface area (Å²) in [6.45, 7) is 2.55. The first-order valence-corrected chi connectivity index (χ1v) is 14.7. The highest BCUT2D eigenvalue weighted by Gasteiger charge is 2.18. The Morgan fingerprint density at radius 1 is 0.976 bits per heavy atom. The number of amides is 2. The first-order valence-electron chi connectivity index (χ1n) is 12.9. The Hall–Kier alpha value is -4.62. The van der Waals surface area contributed by atoms with Crippen LogP contribution >= 0.6 is 23.1 Å². The number of carbonyl (C=O) groups is 2. The number of rotatable bonds is 12. The average Bonchev–Trinajstić information content (AvgIpc) is 3.62. The Bertz CT molecular complexity index is 1670. The molecule has 0 saturated carbocycles. The van der Waals surface area contributed by atoms with Gasteiger partial charge in [0.1, 0.15) is 5.75 Å². The lowest BCUT2D eigenvalue weighted by Crippen LogP contribution is -2.24. The van der Waals surface area contributed by atoms with Crippen molar-refractivity contribution in [1.82, 2.24) is 25.1 Å². The van der Waals surface area contributed by atoms with Crippen LogP contribution in [0.15, 0.2) is 71.9 Å². The molecule has 2 heterocycles. The van der Waals surface area contributed by atoms with Crippen LogP contribution in [0.5, 0.6) is 17.2 Å². The Morgan fingerprint density at radius 2 is 1.76 bits per heavy atom. The third-order valence-electron chi connectivity index (χ3n) is 6.03. The number of anilines is 1. The molecule has 3 aromatic carbocycles. The number of ether oxygens (including phenoxy) is 3. The molecule has 13 heteroatoms. The van der Waals surface area contributed by atoms with Crippen molar-refractivity contribution in [1.29, 1.82) is 0 Å². The van der Waals surface area contributed by atoms with Gasteiger partial charge in [-0.1, -0.05) is 35.2 Å². The van der Waals surface area contributed by atoms with Crippen LogP contribution in [0.2, 0.25) is 0 Å². The first kappa shape index (κ1) is 28.9. The molecule has 0 spiro atoms. The fraction of sp³-hybridized carbons (Fsp3) is 0.207. The molecule has 0 atom stereocenters. The van der Waals surface area contributed by atoms with Crippen molar-refractivity contribution in [3.8, 4) is 22.9 Å². The largest absolute Gasteiger partial charge is 0.494 e. The molecule has 0 aliphatic heterocycles. The second-order valence-corrected chi connectivity index (χ2v) is 10.7. The van der Waals surface area contributed by atoms with Crippen molar-refractivity contribution in [2.45, 2.75) is 18.6 Å². The Morgan fingerprint density at radius 3 is 2.50 bits per heavy atom. The number of nitrogens with one attached hydrogen (secondary N) is 2. The van der Waals surface area contributed by atoms with E-state index in [2.05, 4.69) is 25.8 Å². The third-order valence-corrected chi connectivity index (χ3v) is 7.91. The molecule has 216 valence electrons. The maximum atomic E-state index is 13.0. The first-order chi connectivity index (χ1) is 20.5. The van der Waals surface area contributed by atoms with E-state index in [9.17, 15) is 9.59 Å². The lowest BCUT2D eigenvalue weighted by Gasteiger charge is -2.12. The molecule has 0 aliphatic carbocycles. The summed E-state index contributed by atoms with van der Waals surface area (Å²) >= 11 is 2.65. The standard InChI is InChI=1S/C29H28N6O5S2/c1-4-40-20-12-10-19(11-13-20)35-25(16-30-27(37)18-9-14-22(38-2)23(15-18)39-3)33-34-29(35)41-17-26(36)32-28-31-21-7-5-6-8-24(21)42-28/h5-15H,4,16-17H2,1-3H3,(H,30,37)(H,31,32,36). The SMILES string of the molecule is CCOc1ccc(-n2c(CNC(=O)c3ccc(OC)c(OC)c3)nnc2SCC(=O)Nc2nc3ccccc3s2)cc1. The highest BCUT2D eigenvalue weighted by Crippen LogP contribution is 2.29. The summed E-state index contributed by atoms with van der Waals surface area (Å²) < 4.78 is 19.0. The van der Waals surface area contributed by atoms with Gasteiger partial charge in [-0.05, 0) is 61.5 Å². The van der Waals surface area contributed by atoms with Gasteiger partial charge >= 0.3 is 0 Å². The van der Waals surface area contributed by atoms with E-state index in [0.717, 1.165) is 21.7 Å². The molecule has 2 amide bonds. The topological polar surface area (TPSA) is 129 Å².